The van der Waals surface area contributed by atoms with Crippen molar-refractivity contribution in [1.82, 2.24) is 0 Å². The monoisotopic (exact) mass is 280 g/mol. The van der Waals surface area contributed by atoms with E-state index in [1.54, 1.807) is 6.92 Å². The highest BCUT2D eigenvalue weighted by atomic mass is 17.2. The molecule has 0 radical (unpaired) electrons. The van der Waals surface area contributed by atoms with Crippen molar-refractivity contribution in [3.63, 3.8) is 0 Å². The lowest BCUT2D eigenvalue weighted by Crippen LogP contribution is -2.37. The van der Waals surface area contributed by atoms with Gasteiger partial charge in [-0.15, -0.1) is 0 Å². The Balaban J connectivity index is 0. The largest absolute Gasteiger partial charge is 0.396 e. The molecule has 0 aromatic carbocycles. The van der Waals surface area contributed by atoms with Crippen LogP contribution in [0.3, 0.4) is 0 Å². The Morgan fingerprint density at radius 2 is 1.47 bits per heavy atom. The first-order valence-electron chi connectivity index (χ1n) is 5.42. The topological polar surface area (TPSA) is 134 Å². The second-order valence-corrected chi connectivity index (χ2v) is 3.55. The maximum absolute atomic E-state index is 10.3. The zero-order chi connectivity index (χ0) is 15.3. The summed E-state index contributed by atoms with van der Waals surface area (Å²) in [6, 6.07) is 0. The molecular formula is C11H20O8. The maximum Gasteiger partial charge on any atom is 0.378 e. The van der Waals surface area contributed by atoms with Crippen LogP contribution in [0.1, 0.15) is 13.3 Å². The molecule has 0 aliphatic carbocycles. The predicted molar refractivity (Wildman–Crippen MR) is 63.4 cm³/mol. The molecule has 0 aliphatic heterocycles. The summed E-state index contributed by atoms with van der Waals surface area (Å²) in [4.78, 5) is 28.4. The highest BCUT2D eigenvalue weighted by Gasteiger charge is 2.26. The van der Waals surface area contributed by atoms with Gasteiger partial charge >= 0.3 is 11.9 Å². The van der Waals surface area contributed by atoms with Crippen LogP contribution in [-0.4, -0.2) is 58.8 Å². The van der Waals surface area contributed by atoms with Crippen molar-refractivity contribution in [3.05, 3.63) is 12.7 Å². The maximum atomic E-state index is 10.3. The number of hydrogen-bond donors (Lipinski definition) is 4. The van der Waals surface area contributed by atoms with E-state index in [1.165, 1.54) is 0 Å². The number of carbonyl (C=O) groups excluding carboxylic acids is 2. The van der Waals surface area contributed by atoms with Crippen LogP contribution in [0.4, 0.5) is 0 Å². The minimum absolute atomic E-state index is 0.171. The molecule has 0 saturated carbocycles. The van der Waals surface area contributed by atoms with E-state index in [0.29, 0.717) is 0 Å². The molecule has 112 valence electrons. The Hall–Kier alpha value is -1.48. The molecule has 0 heterocycles. The second-order valence-electron chi connectivity index (χ2n) is 3.55. The standard InChI is InChI=1S/C6H8O4.C5H12O4/c1-3-5(7)9-10-6(8)4-2;6-1-5(2-7,3-8)4-9/h3H,1,4H2,2H3;6-9H,1-4H2. The molecule has 0 spiro atoms. The number of aliphatic hydroxyl groups is 4. The van der Waals surface area contributed by atoms with E-state index in [9.17, 15) is 9.59 Å². The van der Waals surface area contributed by atoms with Crippen molar-refractivity contribution in [1.29, 1.82) is 0 Å². The van der Waals surface area contributed by atoms with Crippen molar-refractivity contribution in [2.45, 2.75) is 13.3 Å². The molecule has 4 N–H and O–H groups in total. The minimum Gasteiger partial charge on any atom is -0.396 e. The molecule has 0 aromatic heterocycles. The molecule has 8 heteroatoms. The zero-order valence-corrected chi connectivity index (χ0v) is 10.7. The van der Waals surface area contributed by atoms with E-state index in [2.05, 4.69) is 16.4 Å². The summed E-state index contributed by atoms with van der Waals surface area (Å²) >= 11 is 0. The number of hydrogen-bond acceptors (Lipinski definition) is 8. The fraction of sp³-hybridized carbons (Fsp3) is 0.636. The van der Waals surface area contributed by atoms with Gasteiger partial charge in [0.05, 0.1) is 31.8 Å². The quantitative estimate of drug-likeness (QED) is 0.263. The Morgan fingerprint density at radius 3 is 1.68 bits per heavy atom. The van der Waals surface area contributed by atoms with Crippen LogP contribution in [0.25, 0.3) is 0 Å². The summed E-state index contributed by atoms with van der Waals surface area (Å²) in [5, 5.41) is 34.0. The van der Waals surface area contributed by atoms with Crippen LogP contribution in [-0.2, 0) is 19.4 Å². The van der Waals surface area contributed by atoms with Crippen molar-refractivity contribution in [2.75, 3.05) is 26.4 Å². The highest BCUT2D eigenvalue weighted by Crippen LogP contribution is 2.11. The molecular weight excluding hydrogens is 260 g/mol. The van der Waals surface area contributed by atoms with Gasteiger partial charge in [0.25, 0.3) is 0 Å². The van der Waals surface area contributed by atoms with Gasteiger partial charge in [0, 0.05) is 12.5 Å². The molecule has 0 rings (SSSR count). The Labute approximate surface area is 110 Å². The van der Waals surface area contributed by atoms with Gasteiger partial charge in [0.15, 0.2) is 0 Å². The lowest BCUT2D eigenvalue weighted by Gasteiger charge is -2.23. The zero-order valence-electron chi connectivity index (χ0n) is 10.7. The van der Waals surface area contributed by atoms with E-state index < -0.39 is 43.8 Å². The van der Waals surface area contributed by atoms with E-state index >= 15 is 0 Å². The minimum atomic E-state index is -1.11. The molecule has 0 unspecified atom stereocenters. The summed E-state index contributed by atoms with van der Waals surface area (Å²) in [5.74, 6) is -1.36. The molecule has 0 aromatic rings. The molecule has 0 saturated heterocycles. The van der Waals surface area contributed by atoms with Crippen molar-refractivity contribution in [2.24, 2.45) is 5.41 Å². The van der Waals surface area contributed by atoms with Gasteiger partial charge in [-0.1, -0.05) is 13.5 Å². The fourth-order valence-electron chi connectivity index (χ4n) is 0.480. The third kappa shape index (κ3) is 9.14. The van der Waals surface area contributed by atoms with Gasteiger partial charge in [-0.05, 0) is 0 Å². The Bertz CT molecular complexity index is 254. The van der Waals surface area contributed by atoms with Gasteiger partial charge in [0.1, 0.15) is 0 Å². The first-order chi connectivity index (χ1) is 8.94. The lowest BCUT2D eigenvalue weighted by atomic mass is 9.93. The van der Waals surface area contributed by atoms with Gasteiger partial charge < -0.3 is 20.4 Å². The summed E-state index contributed by atoms with van der Waals surface area (Å²) < 4.78 is 0. The van der Waals surface area contributed by atoms with E-state index in [-0.39, 0.29) is 6.42 Å². The highest BCUT2D eigenvalue weighted by molar-refractivity contribution is 5.81. The van der Waals surface area contributed by atoms with E-state index in [4.69, 9.17) is 20.4 Å². The summed E-state index contributed by atoms with van der Waals surface area (Å²) in [6.45, 7) is 3.06. The number of rotatable bonds is 6. The molecule has 0 bridgehead atoms. The average molecular weight is 280 g/mol. The molecule has 8 nitrogen and oxygen atoms in total. The van der Waals surface area contributed by atoms with Gasteiger partial charge in [-0.2, -0.15) is 0 Å². The SMILES string of the molecule is C=CC(=O)OOC(=O)CC.OCC(CO)(CO)CO. The third-order valence-electron chi connectivity index (χ3n) is 2.01. The molecule has 0 aliphatic rings. The van der Waals surface area contributed by atoms with Crippen molar-refractivity contribution in [3.8, 4) is 0 Å². The lowest BCUT2D eigenvalue weighted by molar-refractivity contribution is -0.254. The molecule has 0 fully saturated rings. The average Bonchev–Trinajstić information content (AvgIpc) is 2.48. The van der Waals surface area contributed by atoms with Crippen LogP contribution in [0.15, 0.2) is 12.7 Å². The van der Waals surface area contributed by atoms with E-state index in [1.807, 2.05) is 0 Å². The smallest absolute Gasteiger partial charge is 0.378 e. The van der Waals surface area contributed by atoms with Crippen LogP contribution in [0, 0.1) is 5.41 Å². The fourth-order valence-corrected chi connectivity index (χ4v) is 0.480. The van der Waals surface area contributed by atoms with Crippen LogP contribution < -0.4 is 0 Å². The van der Waals surface area contributed by atoms with Gasteiger partial charge in [0.2, 0.25) is 0 Å². The van der Waals surface area contributed by atoms with E-state index in [0.717, 1.165) is 6.08 Å². The first kappa shape index (κ1) is 19.9. The Kier molecular flexibility index (Phi) is 12.1. The van der Waals surface area contributed by atoms with Crippen LogP contribution in [0.5, 0.6) is 0 Å². The molecule has 0 atom stereocenters. The molecule has 19 heavy (non-hydrogen) atoms. The third-order valence-corrected chi connectivity index (χ3v) is 2.01. The molecule has 0 amide bonds. The Morgan fingerprint density at radius 1 is 1.05 bits per heavy atom. The number of carbonyl (C=O) groups is 2. The summed E-state index contributed by atoms with van der Waals surface area (Å²) in [7, 11) is 0. The van der Waals surface area contributed by atoms with Crippen LogP contribution in [0.2, 0.25) is 0 Å². The van der Waals surface area contributed by atoms with Gasteiger partial charge in [-0.25, -0.2) is 19.4 Å². The predicted octanol–water partition coefficient (Wildman–Crippen LogP) is -1.47. The number of aliphatic hydroxyl groups excluding tert-OH is 4. The van der Waals surface area contributed by atoms with Crippen molar-refractivity contribution >= 4 is 11.9 Å². The summed E-state index contributed by atoms with van der Waals surface area (Å²) in [5.41, 5.74) is -1.11. The second kappa shape index (κ2) is 11.6. The summed E-state index contributed by atoms with van der Waals surface area (Å²) in [6.07, 6.45) is 1.08. The normalized spacial score (nSPS) is 9.95. The van der Waals surface area contributed by atoms with Crippen molar-refractivity contribution < 1.29 is 39.8 Å². The van der Waals surface area contributed by atoms with Crippen LogP contribution >= 0.6 is 0 Å². The first-order valence-corrected chi connectivity index (χ1v) is 5.42. The van der Waals surface area contributed by atoms with Gasteiger partial charge in [-0.3, -0.25) is 0 Å².